The van der Waals surface area contributed by atoms with Crippen LogP contribution in [0.3, 0.4) is 0 Å². The molecule has 0 aliphatic carbocycles. The van der Waals surface area contributed by atoms with Crippen molar-refractivity contribution in [2.75, 3.05) is 30.4 Å². The van der Waals surface area contributed by atoms with E-state index in [1.807, 2.05) is 10.9 Å². The zero-order valence-electron chi connectivity index (χ0n) is 63.3. The van der Waals surface area contributed by atoms with Gasteiger partial charge in [0.25, 0.3) is 10.3 Å². The van der Waals surface area contributed by atoms with Gasteiger partial charge < -0.3 is 53.3 Å². The van der Waals surface area contributed by atoms with Gasteiger partial charge in [-0.1, -0.05) is 399 Å². The van der Waals surface area contributed by atoms with Gasteiger partial charge in [0.2, 0.25) is 6.33 Å². The normalized spacial score (nSPS) is 11.6. The number of hydrogen-bond acceptors (Lipinski definition) is 4. The SMILES string of the molecule is BrCCc1cccc2ccccc12.BrCCc1cccc2ccccc12.ClC1=C(Cl)N(CCc2cccc3ccccc23)CN1CCc1cccc2ccccc12.Clc1c(Cl)[n+](CCc2cccc3ccccc23)cn1CCc1cccc2ccccc12.Clc1nc[nH]c1Cl.Clc1ncn(CCc2cccc3ccccc23)c1Cl.[Br-].[Br-]. The van der Waals surface area contributed by atoms with E-state index in [1.54, 1.807) is 6.33 Å². The largest absolute Gasteiger partial charge is 1.00 e. The zero-order valence-corrected chi connectivity index (χ0v) is 75.7. The predicted molar refractivity (Wildman–Crippen MR) is 494 cm³/mol. The highest BCUT2D eigenvalue weighted by atomic mass is 79.9. The Kier molecular flexibility index (Phi) is 34.3. The van der Waals surface area contributed by atoms with Crippen molar-refractivity contribution in [3.05, 3.63) is 396 Å². The molecule has 0 bridgehead atoms. The molecule has 0 saturated heterocycles. The number of nitrogens with one attached hydrogen (secondary N) is 1. The van der Waals surface area contributed by atoms with Crippen molar-refractivity contribution in [2.24, 2.45) is 0 Å². The van der Waals surface area contributed by atoms with E-state index >= 15 is 0 Å². The molecule has 592 valence electrons. The molecular weight excluding hydrogens is 1870 g/mol. The first-order valence-electron chi connectivity index (χ1n) is 37.9. The number of aromatic nitrogens is 6. The molecule has 0 amide bonds. The summed E-state index contributed by atoms with van der Waals surface area (Å²) >= 11 is 56.0. The van der Waals surface area contributed by atoms with Gasteiger partial charge in [-0.2, -0.15) is 0 Å². The van der Waals surface area contributed by atoms with Crippen LogP contribution >= 0.6 is 125 Å². The molecule has 4 heterocycles. The summed E-state index contributed by atoms with van der Waals surface area (Å²) in [4.78, 5) is 14.5. The van der Waals surface area contributed by atoms with Crippen LogP contribution in [0.2, 0.25) is 30.9 Å². The molecule has 0 fully saturated rings. The summed E-state index contributed by atoms with van der Waals surface area (Å²) < 4.78 is 5.97. The highest BCUT2D eigenvalue weighted by molar-refractivity contribution is 9.09. The van der Waals surface area contributed by atoms with Gasteiger partial charge in [-0.25, -0.2) is 19.1 Å². The summed E-state index contributed by atoms with van der Waals surface area (Å²) in [5.74, 6) is 0. The second-order valence-electron chi connectivity index (χ2n) is 27.5. The maximum atomic E-state index is 6.62. The summed E-state index contributed by atoms with van der Waals surface area (Å²) in [7, 11) is 0. The number of imidazole rings is 3. The summed E-state index contributed by atoms with van der Waals surface area (Å²) in [6.07, 6.45) is 11.9. The summed E-state index contributed by atoms with van der Waals surface area (Å²) in [5, 5.41) is 24.4. The van der Waals surface area contributed by atoms with Gasteiger partial charge in [0, 0.05) is 43.1 Å². The number of hydrogen-bond donors (Lipinski definition) is 1. The summed E-state index contributed by atoms with van der Waals surface area (Å²) in [5.41, 5.74) is 9.48. The maximum absolute atomic E-state index is 6.62. The number of aromatic amines is 1. The molecule has 0 unspecified atom stereocenters. The fourth-order valence-electron chi connectivity index (χ4n) is 14.5. The van der Waals surface area contributed by atoms with Crippen LogP contribution in [0.25, 0.3) is 75.4 Å². The van der Waals surface area contributed by atoms with Crippen LogP contribution in [0.1, 0.15) is 38.9 Å². The minimum atomic E-state index is 0. The number of benzene rings is 14. The third-order valence-corrected chi connectivity index (χ3v) is 24.4. The average Bonchev–Trinajstić information content (AvgIpc) is 0.976. The Bertz CT molecular complexity index is 5780. The lowest BCUT2D eigenvalue weighted by atomic mass is 10.0. The van der Waals surface area contributed by atoms with Gasteiger partial charge in [-0.3, -0.25) is 0 Å². The fourth-order valence-corrected chi connectivity index (χ4v) is 16.9. The van der Waals surface area contributed by atoms with Crippen LogP contribution in [0.4, 0.5) is 0 Å². The Morgan fingerprint density at radius 2 is 0.595 bits per heavy atom. The summed E-state index contributed by atoms with van der Waals surface area (Å²) in [6.45, 7) is 4.75. The van der Waals surface area contributed by atoms with Gasteiger partial charge in [0.1, 0.15) is 20.6 Å². The van der Waals surface area contributed by atoms with Gasteiger partial charge in [-0.15, -0.1) is 0 Å². The molecule has 17 aromatic rings. The Labute approximate surface area is 756 Å². The predicted octanol–water partition coefficient (Wildman–Crippen LogP) is 21.7. The zero-order chi connectivity index (χ0) is 79.1. The lowest BCUT2D eigenvalue weighted by molar-refractivity contribution is -0.693. The molecule has 3 aromatic heterocycles. The Morgan fingerprint density at radius 3 is 0.871 bits per heavy atom. The van der Waals surface area contributed by atoms with Crippen LogP contribution < -0.4 is 38.5 Å². The van der Waals surface area contributed by atoms with E-state index in [9.17, 15) is 0 Å². The number of rotatable bonds is 19. The lowest BCUT2D eigenvalue weighted by Crippen LogP contribution is -3.00. The molecule has 0 atom stereocenters. The molecule has 14 aromatic carbocycles. The molecular formula is C96H83Br4Cl8N8-. The van der Waals surface area contributed by atoms with E-state index in [4.69, 9.17) is 92.8 Å². The van der Waals surface area contributed by atoms with Crippen LogP contribution in [0.5, 0.6) is 0 Å². The van der Waals surface area contributed by atoms with Crippen molar-refractivity contribution >= 4 is 200 Å². The van der Waals surface area contributed by atoms with E-state index < -0.39 is 0 Å². The van der Waals surface area contributed by atoms with Crippen LogP contribution in [-0.4, -0.2) is 64.3 Å². The summed E-state index contributed by atoms with van der Waals surface area (Å²) in [6, 6.07) is 105. The molecule has 0 saturated carbocycles. The van der Waals surface area contributed by atoms with E-state index in [-0.39, 0.29) is 34.0 Å². The standard InChI is InChI=1S/C27H24Cl2N2.C27H23Cl2N2.C15H12Cl2N2.2C12H11Br.C3H2Cl2N2.2BrH/c2*28-26-27(29)31(18-16-23-12-6-10-21-8-2-4-14-25(21)23)19-30(26)17-15-22-11-5-9-20-7-1-3-13-24(20)22;16-14-15(17)19(10-18-14)9-8-12-6-3-5-11-4-1-2-7-13(11)12;2*13-9-8-11-6-3-5-10-4-1-2-7-12(10)11;4-2-3(5)7-1-6-2;;/h1-14H,15-19H2;1-14,19H,15-18H2;1-7,10H,8-9H2;2*1-7H,8-9H2;1H,(H,6,7);2*1H/q;+1;;;;;;/p-2. The number of fused-ring (bicyclic) bond motifs is 7. The second-order valence-corrected chi connectivity index (χ2v) is 31.9. The quantitative estimate of drug-likeness (QED) is 0.0498. The van der Waals surface area contributed by atoms with Crippen LogP contribution in [-0.2, 0) is 64.6 Å². The van der Waals surface area contributed by atoms with Gasteiger partial charge in [0.05, 0.1) is 32.4 Å². The number of halogens is 12. The monoisotopic (exact) mass is 1940 g/mol. The van der Waals surface area contributed by atoms with E-state index in [0.717, 1.165) is 95.0 Å². The van der Waals surface area contributed by atoms with Crippen molar-refractivity contribution in [2.45, 2.75) is 64.6 Å². The number of nitrogens with zero attached hydrogens (tertiary/aromatic N) is 7. The highest BCUT2D eigenvalue weighted by Gasteiger charge is 2.27. The van der Waals surface area contributed by atoms with Gasteiger partial charge in [-0.05, 0) is 170 Å². The molecule has 1 N–H and O–H groups in total. The van der Waals surface area contributed by atoms with Crippen molar-refractivity contribution in [1.29, 1.82) is 0 Å². The average molecular weight is 1950 g/mol. The second kappa shape index (κ2) is 44.8. The van der Waals surface area contributed by atoms with E-state index in [0.29, 0.717) is 41.2 Å². The van der Waals surface area contributed by atoms with Gasteiger partial charge in [0.15, 0.2) is 10.3 Å². The molecule has 20 heteroatoms. The minimum absolute atomic E-state index is 0. The molecule has 116 heavy (non-hydrogen) atoms. The van der Waals surface area contributed by atoms with Crippen molar-refractivity contribution in [1.82, 2.24) is 33.9 Å². The molecule has 0 radical (unpaired) electrons. The van der Waals surface area contributed by atoms with E-state index in [2.05, 4.69) is 363 Å². The van der Waals surface area contributed by atoms with Crippen molar-refractivity contribution < 1.29 is 38.5 Å². The van der Waals surface area contributed by atoms with Crippen LogP contribution in [0.15, 0.2) is 327 Å². The third kappa shape index (κ3) is 23.1. The Balaban J connectivity index is 0.000000144. The van der Waals surface area contributed by atoms with Crippen LogP contribution in [0, 0.1) is 0 Å². The first kappa shape index (κ1) is 88.9. The molecule has 1 aliphatic heterocycles. The molecule has 18 rings (SSSR count). The third-order valence-electron chi connectivity index (χ3n) is 20.4. The minimum Gasteiger partial charge on any atom is -1.00 e. The maximum Gasteiger partial charge on any atom is 0.255 e. The topological polar surface area (TPSA) is 61.8 Å². The first-order chi connectivity index (χ1) is 55.8. The number of H-pyrrole nitrogens is 1. The highest BCUT2D eigenvalue weighted by Crippen LogP contribution is 2.33. The van der Waals surface area contributed by atoms with Crippen molar-refractivity contribution in [3.8, 4) is 0 Å². The molecule has 8 nitrogen and oxygen atoms in total. The Morgan fingerprint density at radius 1 is 0.310 bits per heavy atom. The molecule has 0 spiro atoms. The molecule has 1 aliphatic rings. The van der Waals surface area contributed by atoms with Gasteiger partial charge >= 0.3 is 0 Å². The van der Waals surface area contributed by atoms with Crippen molar-refractivity contribution in [3.63, 3.8) is 0 Å². The first-order valence-corrected chi connectivity index (χ1v) is 43.1. The Hall–Kier alpha value is -7.89. The lowest BCUT2D eigenvalue weighted by Gasteiger charge is -2.23. The van der Waals surface area contributed by atoms with E-state index in [1.165, 1.54) is 121 Å². The fraction of sp³-hybridized carbons (Fsp3) is 0.156. The number of aryl methyl sites for hydroxylation is 8. The number of alkyl halides is 2. The smallest absolute Gasteiger partial charge is 0.255 e.